The molecule has 1 aliphatic rings. The van der Waals surface area contributed by atoms with E-state index in [2.05, 4.69) is 35.7 Å². The van der Waals surface area contributed by atoms with Crippen molar-refractivity contribution in [2.45, 2.75) is 46.3 Å². The summed E-state index contributed by atoms with van der Waals surface area (Å²) in [6, 6.07) is 4.75. The highest BCUT2D eigenvalue weighted by atomic mass is 16.5. The number of ether oxygens (including phenoxy) is 1. The lowest BCUT2D eigenvalue weighted by molar-refractivity contribution is 0.0313. The van der Waals surface area contributed by atoms with Crippen LogP contribution in [0.25, 0.3) is 0 Å². The van der Waals surface area contributed by atoms with Crippen LogP contribution in [0.2, 0.25) is 0 Å². The lowest BCUT2D eigenvalue weighted by Crippen LogP contribution is -2.50. The molecule has 0 radical (unpaired) electrons. The maximum atomic E-state index is 13.5. The summed E-state index contributed by atoms with van der Waals surface area (Å²) in [6.07, 6.45) is 5.07. The van der Waals surface area contributed by atoms with Crippen molar-refractivity contribution in [1.82, 2.24) is 19.8 Å². The van der Waals surface area contributed by atoms with Crippen LogP contribution in [0, 0.1) is 23.7 Å². The molecule has 8 heteroatoms. The number of likely N-dealkylation sites (N-methyl/N-ethyl adjacent to an activating group) is 1. The SMILES string of the molecule is CC(C)CC#Cc1cnc2c(c1)C(=O)N([C@@H](C)CO)C[C@H](C)[C@@H](CN(C)C(=O)c1cccnc1)O2. The van der Waals surface area contributed by atoms with Gasteiger partial charge in [0, 0.05) is 50.1 Å². The van der Waals surface area contributed by atoms with Gasteiger partial charge in [0.05, 0.1) is 24.8 Å². The fourth-order valence-electron chi connectivity index (χ4n) is 3.81. The van der Waals surface area contributed by atoms with Gasteiger partial charge in [-0.25, -0.2) is 4.98 Å². The zero-order valence-electron chi connectivity index (χ0n) is 21.1. The number of carbonyl (C=O) groups excluding carboxylic acids is 2. The number of carbonyl (C=O) groups is 2. The minimum Gasteiger partial charge on any atom is -0.472 e. The molecule has 0 fully saturated rings. The molecule has 1 N–H and O–H groups in total. The Morgan fingerprint density at radius 3 is 2.77 bits per heavy atom. The first-order valence-corrected chi connectivity index (χ1v) is 11.9. The number of fused-ring (bicyclic) bond motifs is 1. The zero-order valence-corrected chi connectivity index (χ0v) is 21.1. The molecule has 0 bridgehead atoms. The number of aromatic nitrogens is 2. The van der Waals surface area contributed by atoms with Crippen molar-refractivity contribution in [2.24, 2.45) is 11.8 Å². The van der Waals surface area contributed by atoms with Gasteiger partial charge in [-0.05, 0) is 31.0 Å². The number of pyridine rings is 2. The predicted molar refractivity (Wildman–Crippen MR) is 133 cm³/mol. The van der Waals surface area contributed by atoms with E-state index in [4.69, 9.17) is 4.74 Å². The second kappa shape index (κ2) is 11.8. The third-order valence-corrected chi connectivity index (χ3v) is 5.97. The van der Waals surface area contributed by atoms with Crippen molar-refractivity contribution >= 4 is 11.8 Å². The van der Waals surface area contributed by atoms with E-state index in [-0.39, 0.29) is 36.3 Å². The van der Waals surface area contributed by atoms with Gasteiger partial charge in [0.15, 0.2) is 0 Å². The van der Waals surface area contributed by atoms with Crippen LogP contribution in [0.15, 0.2) is 36.8 Å². The van der Waals surface area contributed by atoms with Gasteiger partial charge in [-0.3, -0.25) is 14.6 Å². The Labute approximate surface area is 207 Å². The van der Waals surface area contributed by atoms with Crippen molar-refractivity contribution in [3.63, 3.8) is 0 Å². The van der Waals surface area contributed by atoms with Crippen LogP contribution in [-0.4, -0.2) is 75.6 Å². The summed E-state index contributed by atoms with van der Waals surface area (Å²) in [7, 11) is 1.71. The van der Waals surface area contributed by atoms with Crippen molar-refractivity contribution < 1.29 is 19.4 Å². The minimum absolute atomic E-state index is 0.127. The molecule has 3 heterocycles. The second-order valence-electron chi connectivity index (χ2n) is 9.53. The first-order chi connectivity index (χ1) is 16.7. The van der Waals surface area contributed by atoms with Gasteiger partial charge >= 0.3 is 0 Å². The molecule has 2 aromatic heterocycles. The van der Waals surface area contributed by atoms with E-state index in [1.54, 1.807) is 54.4 Å². The Morgan fingerprint density at radius 2 is 2.11 bits per heavy atom. The van der Waals surface area contributed by atoms with Crippen molar-refractivity contribution in [1.29, 1.82) is 0 Å². The molecule has 0 unspecified atom stereocenters. The zero-order chi connectivity index (χ0) is 25.5. The molecule has 1 aliphatic heterocycles. The van der Waals surface area contributed by atoms with Crippen LogP contribution in [0.4, 0.5) is 0 Å². The van der Waals surface area contributed by atoms with E-state index in [9.17, 15) is 14.7 Å². The average Bonchev–Trinajstić information content (AvgIpc) is 2.85. The highest BCUT2D eigenvalue weighted by molar-refractivity contribution is 5.97. The predicted octanol–water partition coefficient (Wildman–Crippen LogP) is 2.87. The molecular formula is C27H34N4O4. The number of hydrogen-bond donors (Lipinski definition) is 1. The first-order valence-electron chi connectivity index (χ1n) is 11.9. The molecule has 0 aliphatic carbocycles. The summed E-state index contributed by atoms with van der Waals surface area (Å²) < 4.78 is 6.26. The Hall–Kier alpha value is -3.44. The van der Waals surface area contributed by atoms with E-state index in [1.807, 2.05) is 6.92 Å². The summed E-state index contributed by atoms with van der Waals surface area (Å²) >= 11 is 0. The lowest BCUT2D eigenvalue weighted by Gasteiger charge is -2.37. The second-order valence-corrected chi connectivity index (χ2v) is 9.53. The topological polar surface area (TPSA) is 95.9 Å². The van der Waals surface area contributed by atoms with E-state index in [0.717, 1.165) is 6.42 Å². The molecule has 3 rings (SSSR count). The summed E-state index contributed by atoms with van der Waals surface area (Å²) in [5, 5.41) is 9.81. The van der Waals surface area contributed by atoms with Crippen LogP contribution >= 0.6 is 0 Å². The van der Waals surface area contributed by atoms with Gasteiger partial charge in [-0.2, -0.15) is 0 Å². The highest BCUT2D eigenvalue weighted by Gasteiger charge is 2.34. The smallest absolute Gasteiger partial charge is 0.259 e. The van der Waals surface area contributed by atoms with Crippen molar-refractivity contribution in [2.75, 3.05) is 26.7 Å². The molecule has 0 aromatic carbocycles. The number of hydrogen-bond acceptors (Lipinski definition) is 6. The Bertz CT molecular complexity index is 1090. The van der Waals surface area contributed by atoms with Crippen LogP contribution in [0.3, 0.4) is 0 Å². The summed E-state index contributed by atoms with van der Waals surface area (Å²) in [4.78, 5) is 38.1. The fraction of sp³-hybridized carbons (Fsp3) is 0.481. The van der Waals surface area contributed by atoms with Crippen molar-refractivity contribution in [3.8, 4) is 17.7 Å². The molecule has 8 nitrogen and oxygen atoms in total. The lowest BCUT2D eigenvalue weighted by atomic mass is 9.99. The molecule has 186 valence electrons. The van der Waals surface area contributed by atoms with E-state index in [1.165, 1.54) is 6.20 Å². The van der Waals surface area contributed by atoms with Crippen LogP contribution in [0.5, 0.6) is 5.88 Å². The number of rotatable bonds is 6. The minimum atomic E-state index is -0.425. The normalized spacial score (nSPS) is 18.5. The number of nitrogens with zero attached hydrogens (tertiary/aromatic N) is 4. The fourth-order valence-corrected chi connectivity index (χ4v) is 3.81. The summed E-state index contributed by atoms with van der Waals surface area (Å²) in [5.74, 6) is 6.30. The van der Waals surface area contributed by atoms with Crippen LogP contribution < -0.4 is 4.74 Å². The molecular weight excluding hydrogens is 444 g/mol. The third kappa shape index (κ3) is 6.58. The van der Waals surface area contributed by atoms with Gasteiger partial charge < -0.3 is 19.6 Å². The maximum Gasteiger partial charge on any atom is 0.259 e. The molecule has 2 aromatic rings. The molecule has 0 spiro atoms. The summed E-state index contributed by atoms with van der Waals surface area (Å²) in [5.41, 5.74) is 1.43. The summed E-state index contributed by atoms with van der Waals surface area (Å²) in [6.45, 7) is 8.45. The van der Waals surface area contributed by atoms with E-state index >= 15 is 0 Å². The van der Waals surface area contributed by atoms with Crippen LogP contribution in [-0.2, 0) is 0 Å². The highest BCUT2D eigenvalue weighted by Crippen LogP contribution is 2.27. The Morgan fingerprint density at radius 1 is 1.34 bits per heavy atom. The Balaban J connectivity index is 1.93. The number of aliphatic hydroxyl groups is 1. The molecule has 35 heavy (non-hydrogen) atoms. The van der Waals surface area contributed by atoms with Gasteiger partial charge in [-0.1, -0.05) is 32.6 Å². The van der Waals surface area contributed by atoms with Gasteiger partial charge in [0.1, 0.15) is 11.7 Å². The van der Waals surface area contributed by atoms with E-state index in [0.29, 0.717) is 35.7 Å². The molecule has 0 saturated carbocycles. The number of amides is 2. The van der Waals surface area contributed by atoms with Gasteiger partial charge in [-0.15, -0.1) is 0 Å². The Kier molecular flexibility index (Phi) is 8.83. The van der Waals surface area contributed by atoms with E-state index < -0.39 is 6.10 Å². The van der Waals surface area contributed by atoms with Crippen molar-refractivity contribution in [3.05, 3.63) is 53.5 Å². The van der Waals surface area contributed by atoms with Gasteiger partial charge in [0.2, 0.25) is 5.88 Å². The standard InChI is InChI=1S/C27H34N4O4/c1-18(2)8-6-9-21-12-23-25(29-13-21)35-24(19(3)15-31(27(23)34)20(4)17-32)16-30(5)26(33)22-10-7-11-28-14-22/h7,10-14,18-20,24,32H,8,15-17H2,1-5H3/t19-,20-,24+/m0/s1. The molecule has 0 saturated heterocycles. The van der Waals surface area contributed by atoms with Gasteiger partial charge in [0.25, 0.3) is 11.8 Å². The monoisotopic (exact) mass is 478 g/mol. The van der Waals surface area contributed by atoms with Crippen LogP contribution in [0.1, 0.15) is 60.4 Å². The largest absolute Gasteiger partial charge is 0.472 e. The third-order valence-electron chi connectivity index (χ3n) is 5.97. The molecule has 2 amide bonds. The number of aliphatic hydroxyl groups excluding tert-OH is 1. The average molecular weight is 479 g/mol. The molecule has 3 atom stereocenters. The first kappa shape index (κ1) is 26.2. The quantitative estimate of drug-likeness (QED) is 0.642. The maximum absolute atomic E-state index is 13.5.